The van der Waals surface area contributed by atoms with Crippen LogP contribution in [0.1, 0.15) is 81.5 Å². The van der Waals surface area contributed by atoms with Gasteiger partial charge in [-0.3, -0.25) is 14.2 Å². The molecule has 0 aliphatic carbocycles. The molecule has 0 radical (unpaired) electrons. The lowest BCUT2D eigenvalue weighted by molar-refractivity contribution is 0.0930. The van der Waals surface area contributed by atoms with Gasteiger partial charge in [-0.25, -0.2) is 0 Å². The van der Waals surface area contributed by atoms with E-state index in [9.17, 15) is 23.9 Å². The van der Waals surface area contributed by atoms with Gasteiger partial charge in [0.15, 0.2) is 11.6 Å². The van der Waals surface area contributed by atoms with Gasteiger partial charge in [0.25, 0.3) is 0 Å². The van der Waals surface area contributed by atoms with Crippen molar-refractivity contribution in [1.29, 1.82) is 0 Å². The van der Waals surface area contributed by atoms with E-state index in [1.807, 2.05) is 82.5 Å². The molecule has 0 aliphatic rings. The lowest BCUT2D eigenvalue weighted by atomic mass is 9.87. The Kier molecular flexibility index (Phi) is 7.29. The van der Waals surface area contributed by atoms with Crippen molar-refractivity contribution in [3.63, 3.8) is 0 Å². The Bertz CT molecular complexity index is 1200. The molecule has 3 aromatic rings. The Morgan fingerprint density at radius 3 is 1.56 bits per heavy atom. The molecule has 0 fully saturated rings. The van der Waals surface area contributed by atoms with Gasteiger partial charge in [-0.05, 0) is 53.6 Å². The number of hydrogen-bond donors (Lipinski definition) is 2. The number of ketones is 2. The molecule has 0 bridgehead atoms. The molecule has 0 saturated heterocycles. The van der Waals surface area contributed by atoms with E-state index in [-0.39, 0.29) is 28.6 Å². The molecule has 7 heteroatoms. The van der Waals surface area contributed by atoms with Gasteiger partial charge in [0.05, 0.1) is 6.16 Å². The molecule has 0 atom stereocenters. The van der Waals surface area contributed by atoms with Gasteiger partial charge < -0.3 is 14.4 Å². The number of benzene rings is 2. The van der Waals surface area contributed by atoms with Gasteiger partial charge in [-0.15, -0.1) is 0 Å². The molecule has 6 nitrogen and oxygen atoms in total. The fourth-order valence-electron chi connectivity index (χ4n) is 4.29. The van der Waals surface area contributed by atoms with Crippen LogP contribution in [0.3, 0.4) is 0 Å². The predicted octanol–water partition coefficient (Wildman–Crippen LogP) is 6.60. The molecule has 0 aliphatic heterocycles. The van der Waals surface area contributed by atoms with Gasteiger partial charge >= 0.3 is 7.60 Å². The van der Waals surface area contributed by atoms with Crippen LogP contribution >= 0.6 is 7.60 Å². The molecule has 34 heavy (non-hydrogen) atoms. The zero-order valence-electron chi connectivity index (χ0n) is 21.0. The Morgan fingerprint density at radius 2 is 1.21 bits per heavy atom. The summed E-state index contributed by atoms with van der Waals surface area (Å²) in [5, 5.41) is 1.74. The first-order valence-electron chi connectivity index (χ1n) is 11.7. The number of fused-ring (bicyclic) bond motifs is 3. The van der Waals surface area contributed by atoms with Crippen LogP contribution in [0.15, 0.2) is 36.4 Å². The van der Waals surface area contributed by atoms with Crippen molar-refractivity contribution >= 4 is 41.0 Å². The summed E-state index contributed by atoms with van der Waals surface area (Å²) >= 11 is 0. The number of Topliss-reactive ketones (excluding diaryl/α,β-unsaturated/α-hetero) is 2. The van der Waals surface area contributed by atoms with Crippen LogP contribution in [0.4, 0.5) is 0 Å². The lowest BCUT2D eigenvalue weighted by Gasteiger charge is -2.17. The van der Waals surface area contributed by atoms with Gasteiger partial charge in [0.1, 0.15) is 0 Å². The summed E-state index contributed by atoms with van der Waals surface area (Å²) in [7, 11) is -4.09. The average molecular weight is 486 g/mol. The minimum absolute atomic E-state index is 0.0664. The largest absolute Gasteiger partial charge is 0.340 e. The number of aryl methyl sites for hydroxylation is 1. The first-order valence-corrected chi connectivity index (χ1v) is 13.5. The summed E-state index contributed by atoms with van der Waals surface area (Å²) in [4.78, 5) is 44.4. The highest BCUT2D eigenvalue weighted by atomic mass is 31.2. The molecular weight excluding hydrogens is 449 g/mol. The topological polar surface area (TPSA) is 96.6 Å². The molecule has 1 heterocycles. The van der Waals surface area contributed by atoms with E-state index in [2.05, 4.69) is 0 Å². The highest BCUT2D eigenvalue weighted by Crippen LogP contribution is 2.37. The van der Waals surface area contributed by atoms with Crippen molar-refractivity contribution in [2.75, 3.05) is 6.16 Å². The van der Waals surface area contributed by atoms with Crippen LogP contribution in [0.25, 0.3) is 21.8 Å². The number of aromatic nitrogens is 1. The van der Waals surface area contributed by atoms with Crippen molar-refractivity contribution in [2.45, 2.75) is 67.3 Å². The van der Waals surface area contributed by atoms with Gasteiger partial charge in [-0.2, -0.15) is 0 Å². The van der Waals surface area contributed by atoms with Gasteiger partial charge in [-0.1, -0.05) is 41.5 Å². The van der Waals surface area contributed by atoms with E-state index in [4.69, 9.17) is 0 Å². The summed E-state index contributed by atoms with van der Waals surface area (Å²) in [6.45, 7) is 12.6. The third-order valence-electron chi connectivity index (χ3n) is 5.72. The molecule has 184 valence electrons. The standard InChI is InChI=1S/C27H36NO5P/c1-26(2,3)16-24(29)18-8-10-22-20(14-18)21-15-19(25(30)17-27(4,5)6)9-11-23(21)28(22)12-7-13-34(31,32)33/h8-11,14-15H,7,12-13,16-17H2,1-6H3,(H2,31,32,33). The second-order valence-electron chi connectivity index (χ2n) is 11.7. The van der Waals surface area contributed by atoms with E-state index < -0.39 is 7.60 Å². The van der Waals surface area contributed by atoms with Crippen molar-refractivity contribution in [3.8, 4) is 0 Å². The number of hydrogen-bond acceptors (Lipinski definition) is 3. The van der Waals surface area contributed by atoms with Crippen molar-refractivity contribution in [3.05, 3.63) is 47.5 Å². The molecule has 2 N–H and O–H groups in total. The Morgan fingerprint density at radius 1 is 0.794 bits per heavy atom. The zero-order chi connectivity index (χ0) is 25.5. The number of nitrogens with zero attached hydrogens (tertiary/aromatic N) is 1. The van der Waals surface area contributed by atoms with Crippen molar-refractivity contribution < 1.29 is 23.9 Å². The highest BCUT2D eigenvalue weighted by Gasteiger charge is 2.22. The molecule has 3 rings (SSSR count). The lowest BCUT2D eigenvalue weighted by Crippen LogP contribution is -2.13. The predicted molar refractivity (Wildman–Crippen MR) is 138 cm³/mol. The van der Waals surface area contributed by atoms with Crippen LogP contribution < -0.4 is 0 Å². The quantitative estimate of drug-likeness (QED) is 0.277. The van der Waals surface area contributed by atoms with Crippen molar-refractivity contribution in [2.24, 2.45) is 10.8 Å². The first kappa shape index (κ1) is 26.3. The second kappa shape index (κ2) is 9.41. The fraction of sp³-hybridized carbons (Fsp3) is 0.481. The third-order valence-corrected chi connectivity index (χ3v) is 6.62. The molecular formula is C27H36NO5P. The minimum atomic E-state index is -4.09. The van der Waals surface area contributed by atoms with Crippen molar-refractivity contribution in [1.82, 2.24) is 4.57 Å². The number of rotatable bonds is 8. The van der Waals surface area contributed by atoms with E-state index in [0.717, 1.165) is 21.8 Å². The van der Waals surface area contributed by atoms with Crippen LogP contribution in [0.2, 0.25) is 0 Å². The summed E-state index contributed by atoms with van der Waals surface area (Å²) in [6, 6.07) is 11.2. The highest BCUT2D eigenvalue weighted by molar-refractivity contribution is 7.51. The van der Waals surface area contributed by atoms with Crippen LogP contribution in [-0.4, -0.2) is 32.1 Å². The van der Waals surface area contributed by atoms with E-state index in [0.29, 0.717) is 36.9 Å². The Balaban J connectivity index is 2.13. The summed E-state index contributed by atoms with van der Waals surface area (Å²) < 4.78 is 13.4. The molecule has 0 spiro atoms. The molecule has 2 aromatic carbocycles. The first-order chi connectivity index (χ1) is 15.5. The minimum Gasteiger partial charge on any atom is -0.340 e. The summed E-state index contributed by atoms with van der Waals surface area (Å²) in [6.07, 6.45) is 0.973. The second-order valence-corrected chi connectivity index (χ2v) is 13.5. The fourth-order valence-corrected chi connectivity index (χ4v) is 4.85. The molecule has 1 aromatic heterocycles. The normalized spacial score (nSPS) is 13.1. The maximum atomic E-state index is 12.9. The van der Waals surface area contributed by atoms with E-state index in [1.54, 1.807) is 0 Å². The maximum absolute atomic E-state index is 12.9. The average Bonchev–Trinajstić information content (AvgIpc) is 2.97. The van der Waals surface area contributed by atoms with Crippen LogP contribution in [0.5, 0.6) is 0 Å². The summed E-state index contributed by atoms with van der Waals surface area (Å²) in [5.74, 6) is 0.133. The van der Waals surface area contributed by atoms with E-state index in [1.165, 1.54) is 0 Å². The van der Waals surface area contributed by atoms with Gasteiger partial charge in [0.2, 0.25) is 0 Å². The molecule has 0 saturated carbocycles. The van der Waals surface area contributed by atoms with E-state index >= 15 is 0 Å². The maximum Gasteiger partial charge on any atom is 0.325 e. The van der Waals surface area contributed by atoms with Gasteiger partial charge in [0, 0.05) is 52.3 Å². The monoisotopic (exact) mass is 485 g/mol. The van der Waals surface area contributed by atoms with Crippen LogP contribution in [0, 0.1) is 10.8 Å². The number of carbonyl (C=O) groups is 2. The molecule has 0 unspecified atom stereocenters. The molecule has 0 amide bonds. The Labute approximate surface area is 201 Å². The van der Waals surface area contributed by atoms with Crippen LogP contribution in [-0.2, 0) is 11.1 Å². The third kappa shape index (κ3) is 6.65. The SMILES string of the molecule is CC(C)(C)CC(=O)c1ccc2c(c1)c1cc(C(=O)CC(C)(C)C)ccc1n2CCCP(=O)(O)O. The number of carbonyl (C=O) groups excluding carboxylic acids is 2. The smallest absolute Gasteiger partial charge is 0.325 e. The Hall–Kier alpha value is -2.27. The summed E-state index contributed by atoms with van der Waals surface area (Å²) in [5.41, 5.74) is 2.76. The zero-order valence-corrected chi connectivity index (χ0v) is 21.9.